The first-order chi connectivity index (χ1) is 7.35. The third-order valence-electron chi connectivity index (χ3n) is 2.85. The highest BCUT2D eigenvalue weighted by Gasteiger charge is 2.22. The molecule has 0 bridgehead atoms. The van der Waals surface area contributed by atoms with Gasteiger partial charge in [0.05, 0.1) is 7.11 Å². The maximum absolute atomic E-state index is 5.55. The van der Waals surface area contributed by atoms with E-state index in [1.165, 1.54) is 22.6 Å². The number of hydrogen-bond acceptors (Lipinski definition) is 3. The van der Waals surface area contributed by atoms with Crippen LogP contribution in [0.4, 0.5) is 0 Å². The maximum Gasteiger partial charge on any atom is 0.119 e. The molecule has 1 heterocycles. The first-order valence-electron chi connectivity index (χ1n) is 5.36. The fourth-order valence-electron chi connectivity index (χ4n) is 1.99. The lowest BCUT2D eigenvalue weighted by molar-refractivity contribution is 0.413. The molecule has 82 valence electrons. The fourth-order valence-corrected chi connectivity index (χ4v) is 3.27. The van der Waals surface area contributed by atoms with Crippen LogP contribution in [0.25, 0.3) is 0 Å². The van der Waals surface area contributed by atoms with Crippen LogP contribution in [0.2, 0.25) is 0 Å². The minimum absolute atomic E-state index is 0.670. The van der Waals surface area contributed by atoms with Crippen LogP contribution in [-0.2, 0) is 0 Å². The molecule has 0 radical (unpaired) electrons. The molecule has 1 unspecified atom stereocenters. The van der Waals surface area contributed by atoms with Crippen LogP contribution < -0.4 is 10.5 Å². The number of rotatable bonds is 4. The van der Waals surface area contributed by atoms with Crippen LogP contribution in [0.3, 0.4) is 0 Å². The number of nitrogens with two attached hydrogens (primary N) is 1. The van der Waals surface area contributed by atoms with Gasteiger partial charge in [-0.3, -0.25) is 0 Å². The highest BCUT2D eigenvalue weighted by molar-refractivity contribution is 7.99. The van der Waals surface area contributed by atoms with Crippen molar-refractivity contribution in [3.8, 4) is 5.75 Å². The summed E-state index contributed by atoms with van der Waals surface area (Å²) in [6.07, 6.45) is 2.31. The van der Waals surface area contributed by atoms with Crippen molar-refractivity contribution in [1.82, 2.24) is 0 Å². The number of methoxy groups -OCH3 is 1. The Kier molecular flexibility index (Phi) is 3.54. The summed E-state index contributed by atoms with van der Waals surface area (Å²) in [6.45, 7) is 0.792. The number of ether oxygens (including phenoxy) is 1. The molecular formula is C12H17NOS. The molecule has 1 aromatic rings. The minimum atomic E-state index is 0.670. The Hall–Kier alpha value is -0.670. The largest absolute Gasteiger partial charge is 0.497 e. The van der Waals surface area contributed by atoms with E-state index >= 15 is 0 Å². The average molecular weight is 223 g/mol. The molecule has 1 aromatic carbocycles. The van der Waals surface area contributed by atoms with Crippen molar-refractivity contribution in [1.29, 1.82) is 0 Å². The van der Waals surface area contributed by atoms with E-state index in [1.807, 2.05) is 17.8 Å². The lowest BCUT2D eigenvalue weighted by Crippen LogP contribution is -2.03. The van der Waals surface area contributed by atoms with Gasteiger partial charge in [0.25, 0.3) is 0 Å². The van der Waals surface area contributed by atoms with Crippen molar-refractivity contribution in [2.24, 2.45) is 5.73 Å². The van der Waals surface area contributed by atoms with Crippen molar-refractivity contribution in [3.63, 3.8) is 0 Å². The predicted molar refractivity (Wildman–Crippen MR) is 64.7 cm³/mol. The molecule has 1 atom stereocenters. The third-order valence-corrected chi connectivity index (χ3v) is 4.11. The van der Waals surface area contributed by atoms with Gasteiger partial charge in [-0.1, -0.05) is 0 Å². The number of fused-ring (bicyclic) bond motifs is 1. The molecule has 2 rings (SSSR count). The van der Waals surface area contributed by atoms with Crippen LogP contribution in [0, 0.1) is 0 Å². The van der Waals surface area contributed by atoms with Gasteiger partial charge in [-0.2, -0.15) is 0 Å². The quantitative estimate of drug-likeness (QED) is 0.852. The van der Waals surface area contributed by atoms with Gasteiger partial charge in [-0.05, 0) is 49.1 Å². The van der Waals surface area contributed by atoms with Crippen molar-refractivity contribution in [2.75, 3.05) is 19.4 Å². The van der Waals surface area contributed by atoms with E-state index in [1.54, 1.807) is 7.11 Å². The van der Waals surface area contributed by atoms with Gasteiger partial charge < -0.3 is 10.5 Å². The first kappa shape index (κ1) is 10.8. The highest BCUT2D eigenvalue weighted by Crippen LogP contribution is 2.43. The average Bonchev–Trinajstić information content (AvgIpc) is 2.68. The lowest BCUT2D eigenvalue weighted by atomic mass is 9.96. The van der Waals surface area contributed by atoms with E-state index in [-0.39, 0.29) is 0 Å². The highest BCUT2D eigenvalue weighted by atomic mass is 32.2. The molecule has 1 aliphatic rings. The van der Waals surface area contributed by atoms with E-state index in [0.29, 0.717) is 5.92 Å². The van der Waals surface area contributed by atoms with E-state index in [9.17, 15) is 0 Å². The van der Waals surface area contributed by atoms with Crippen LogP contribution in [0.1, 0.15) is 24.3 Å². The number of hydrogen-bond donors (Lipinski definition) is 1. The number of thioether (sulfide) groups is 1. The van der Waals surface area contributed by atoms with E-state index in [2.05, 4.69) is 12.1 Å². The second-order valence-electron chi connectivity index (χ2n) is 3.84. The third kappa shape index (κ3) is 2.29. The Bertz CT molecular complexity index is 340. The van der Waals surface area contributed by atoms with Crippen molar-refractivity contribution < 1.29 is 4.74 Å². The molecule has 0 amide bonds. The molecule has 0 saturated carbocycles. The van der Waals surface area contributed by atoms with Crippen molar-refractivity contribution in [2.45, 2.75) is 23.7 Å². The summed E-state index contributed by atoms with van der Waals surface area (Å²) < 4.78 is 5.26. The van der Waals surface area contributed by atoms with Gasteiger partial charge in [0.15, 0.2) is 0 Å². The molecule has 0 saturated heterocycles. The smallest absolute Gasteiger partial charge is 0.119 e. The molecule has 2 nitrogen and oxygen atoms in total. The lowest BCUT2D eigenvalue weighted by Gasteiger charge is -2.10. The van der Waals surface area contributed by atoms with Gasteiger partial charge in [-0.15, -0.1) is 11.8 Å². The van der Waals surface area contributed by atoms with Gasteiger partial charge >= 0.3 is 0 Å². The van der Waals surface area contributed by atoms with Crippen molar-refractivity contribution in [3.05, 3.63) is 23.8 Å². The summed E-state index contributed by atoms with van der Waals surface area (Å²) in [5, 5.41) is 0. The summed E-state index contributed by atoms with van der Waals surface area (Å²) in [5.41, 5.74) is 7.00. The fraction of sp³-hybridized carbons (Fsp3) is 0.500. The van der Waals surface area contributed by atoms with E-state index < -0.39 is 0 Å². The predicted octanol–water partition coefficient (Wildman–Crippen LogP) is 2.62. The van der Waals surface area contributed by atoms with Gasteiger partial charge in [0, 0.05) is 10.6 Å². The molecule has 0 fully saturated rings. The maximum atomic E-state index is 5.55. The standard InChI is InChI=1S/C12H17NOS/c1-14-10-4-5-12-11(7-10)9(8-15-12)3-2-6-13/h4-5,7,9H,2-3,6,8,13H2,1H3. The SMILES string of the molecule is COc1ccc2c(c1)C(CCCN)CS2. The van der Waals surface area contributed by atoms with Gasteiger partial charge in [-0.25, -0.2) is 0 Å². The zero-order valence-corrected chi connectivity index (χ0v) is 9.85. The molecule has 1 aliphatic heterocycles. The second-order valence-corrected chi connectivity index (χ2v) is 4.90. The van der Waals surface area contributed by atoms with Gasteiger partial charge in [0.2, 0.25) is 0 Å². The van der Waals surface area contributed by atoms with Gasteiger partial charge in [0.1, 0.15) is 5.75 Å². The Balaban J connectivity index is 2.16. The van der Waals surface area contributed by atoms with Crippen molar-refractivity contribution >= 4 is 11.8 Å². The van der Waals surface area contributed by atoms with Crippen LogP contribution in [0.15, 0.2) is 23.1 Å². The number of benzene rings is 1. The summed E-state index contributed by atoms with van der Waals surface area (Å²) >= 11 is 1.95. The molecule has 0 spiro atoms. The monoisotopic (exact) mass is 223 g/mol. The Morgan fingerprint density at radius 2 is 2.40 bits per heavy atom. The zero-order chi connectivity index (χ0) is 10.7. The summed E-state index contributed by atoms with van der Waals surface area (Å²) in [4.78, 5) is 1.41. The second kappa shape index (κ2) is 4.90. The topological polar surface area (TPSA) is 35.2 Å². The first-order valence-corrected chi connectivity index (χ1v) is 6.34. The molecule has 0 aliphatic carbocycles. The summed E-state index contributed by atoms with van der Waals surface area (Å²) in [5.74, 6) is 2.83. The molecule has 0 aromatic heterocycles. The Morgan fingerprint density at radius 3 is 3.13 bits per heavy atom. The Labute approximate surface area is 95.2 Å². The summed E-state index contributed by atoms with van der Waals surface area (Å²) in [6, 6.07) is 6.38. The van der Waals surface area contributed by atoms with Crippen LogP contribution >= 0.6 is 11.8 Å². The Morgan fingerprint density at radius 1 is 1.53 bits per heavy atom. The molecule has 3 heteroatoms. The van der Waals surface area contributed by atoms with E-state index in [0.717, 1.165) is 18.7 Å². The van der Waals surface area contributed by atoms with Crippen LogP contribution in [0.5, 0.6) is 5.75 Å². The zero-order valence-electron chi connectivity index (χ0n) is 9.03. The molecule has 15 heavy (non-hydrogen) atoms. The molecular weight excluding hydrogens is 206 g/mol. The summed E-state index contributed by atoms with van der Waals surface area (Å²) in [7, 11) is 1.72. The normalized spacial score (nSPS) is 18.9. The van der Waals surface area contributed by atoms with E-state index in [4.69, 9.17) is 10.5 Å². The van der Waals surface area contributed by atoms with Crippen LogP contribution in [-0.4, -0.2) is 19.4 Å². The molecule has 2 N–H and O–H groups in total. The minimum Gasteiger partial charge on any atom is -0.497 e.